The summed E-state index contributed by atoms with van der Waals surface area (Å²) in [5.74, 6) is 0.892. The van der Waals surface area contributed by atoms with Crippen LogP contribution in [0.5, 0.6) is 0 Å². The van der Waals surface area contributed by atoms with Crippen molar-refractivity contribution >= 4 is 0 Å². The molecule has 2 fully saturated rings. The maximum atomic E-state index is 5.93. The largest absolute Gasteiger partial charge is 0.476 e. The fourth-order valence-corrected chi connectivity index (χ4v) is 2.36. The van der Waals surface area contributed by atoms with Crippen LogP contribution in [0.25, 0.3) is 0 Å². The van der Waals surface area contributed by atoms with Gasteiger partial charge in [0, 0.05) is 26.2 Å². The Morgan fingerprint density at radius 1 is 1.13 bits per heavy atom. The molecule has 0 bridgehead atoms. The first kappa shape index (κ1) is 10.8. The molecule has 0 aromatic carbocycles. The van der Waals surface area contributed by atoms with Crippen molar-refractivity contribution in [3.63, 3.8) is 0 Å². The van der Waals surface area contributed by atoms with Crippen molar-refractivity contribution < 1.29 is 4.74 Å². The van der Waals surface area contributed by atoms with E-state index in [1.807, 2.05) is 0 Å². The molecule has 0 amide bonds. The SMILES string of the molecule is C=C(OC1CCCCC1)N1CCNCC1. The van der Waals surface area contributed by atoms with Gasteiger partial charge in [-0.05, 0) is 32.3 Å². The molecule has 15 heavy (non-hydrogen) atoms. The average molecular weight is 210 g/mol. The predicted molar refractivity (Wildman–Crippen MR) is 61.5 cm³/mol. The minimum Gasteiger partial charge on any atom is -0.476 e. The number of piperazine rings is 1. The molecule has 1 saturated carbocycles. The van der Waals surface area contributed by atoms with E-state index in [4.69, 9.17) is 4.74 Å². The van der Waals surface area contributed by atoms with Gasteiger partial charge in [-0.1, -0.05) is 6.42 Å². The van der Waals surface area contributed by atoms with Crippen molar-refractivity contribution in [3.8, 4) is 0 Å². The zero-order valence-corrected chi connectivity index (χ0v) is 9.50. The third-order valence-electron chi connectivity index (χ3n) is 3.32. The Bertz CT molecular complexity index is 206. The van der Waals surface area contributed by atoms with Gasteiger partial charge in [-0.2, -0.15) is 0 Å². The first-order chi connectivity index (χ1) is 7.36. The molecular weight excluding hydrogens is 188 g/mol. The number of ether oxygens (including phenoxy) is 1. The summed E-state index contributed by atoms with van der Waals surface area (Å²) in [5, 5.41) is 3.33. The first-order valence-corrected chi connectivity index (χ1v) is 6.17. The number of nitrogens with one attached hydrogen (secondary N) is 1. The molecule has 0 unspecified atom stereocenters. The zero-order valence-electron chi connectivity index (χ0n) is 9.50. The van der Waals surface area contributed by atoms with Crippen molar-refractivity contribution in [3.05, 3.63) is 12.5 Å². The van der Waals surface area contributed by atoms with Crippen LogP contribution >= 0.6 is 0 Å². The van der Waals surface area contributed by atoms with Crippen molar-refractivity contribution in [2.75, 3.05) is 26.2 Å². The highest BCUT2D eigenvalue weighted by atomic mass is 16.5. The molecule has 86 valence electrons. The molecule has 3 heteroatoms. The lowest BCUT2D eigenvalue weighted by Crippen LogP contribution is -2.43. The van der Waals surface area contributed by atoms with E-state index < -0.39 is 0 Å². The van der Waals surface area contributed by atoms with Gasteiger partial charge in [-0.3, -0.25) is 0 Å². The Hall–Kier alpha value is -0.700. The van der Waals surface area contributed by atoms with E-state index in [0.717, 1.165) is 32.1 Å². The first-order valence-electron chi connectivity index (χ1n) is 6.17. The average Bonchev–Trinajstić information content (AvgIpc) is 2.31. The fraction of sp³-hybridized carbons (Fsp3) is 0.833. The van der Waals surface area contributed by atoms with Crippen molar-refractivity contribution in [2.24, 2.45) is 0 Å². The van der Waals surface area contributed by atoms with Crippen LogP contribution in [0.15, 0.2) is 12.5 Å². The van der Waals surface area contributed by atoms with Crippen LogP contribution in [-0.4, -0.2) is 37.2 Å². The summed E-state index contributed by atoms with van der Waals surface area (Å²) in [6, 6.07) is 0. The van der Waals surface area contributed by atoms with Gasteiger partial charge < -0.3 is 15.0 Å². The van der Waals surface area contributed by atoms with E-state index in [2.05, 4.69) is 16.8 Å². The second kappa shape index (κ2) is 5.40. The van der Waals surface area contributed by atoms with E-state index in [0.29, 0.717) is 6.10 Å². The van der Waals surface area contributed by atoms with E-state index in [1.165, 1.54) is 32.1 Å². The smallest absolute Gasteiger partial charge is 0.182 e. The van der Waals surface area contributed by atoms with Crippen LogP contribution in [0.4, 0.5) is 0 Å². The molecule has 1 heterocycles. The normalized spacial score (nSPS) is 23.9. The van der Waals surface area contributed by atoms with Gasteiger partial charge in [0.1, 0.15) is 6.10 Å². The molecule has 1 N–H and O–H groups in total. The van der Waals surface area contributed by atoms with E-state index >= 15 is 0 Å². The lowest BCUT2D eigenvalue weighted by molar-refractivity contribution is 0.0267. The van der Waals surface area contributed by atoms with Gasteiger partial charge in [0.2, 0.25) is 0 Å². The molecule has 1 aliphatic heterocycles. The second-order valence-corrected chi connectivity index (χ2v) is 4.51. The topological polar surface area (TPSA) is 24.5 Å². The molecule has 0 spiro atoms. The van der Waals surface area contributed by atoms with E-state index in [-0.39, 0.29) is 0 Å². The number of rotatable bonds is 3. The Morgan fingerprint density at radius 3 is 2.47 bits per heavy atom. The summed E-state index contributed by atoms with van der Waals surface area (Å²) >= 11 is 0. The maximum Gasteiger partial charge on any atom is 0.182 e. The standard InChI is InChI=1S/C12H22N2O/c1-11(14-9-7-13-8-10-14)15-12-5-3-2-4-6-12/h12-13H,1-10H2. The van der Waals surface area contributed by atoms with Crippen LogP contribution in [0.1, 0.15) is 32.1 Å². The van der Waals surface area contributed by atoms with E-state index in [1.54, 1.807) is 0 Å². The van der Waals surface area contributed by atoms with Gasteiger partial charge in [0.05, 0.1) is 0 Å². The van der Waals surface area contributed by atoms with Crippen LogP contribution < -0.4 is 5.32 Å². The highest BCUT2D eigenvalue weighted by molar-refractivity contribution is 4.88. The van der Waals surface area contributed by atoms with Crippen molar-refractivity contribution in [1.82, 2.24) is 10.2 Å². The highest BCUT2D eigenvalue weighted by Crippen LogP contribution is 2.23. The van der Waals surface area contributed by atoms with E-state index in [9.17, 15) is 0 Å². The molecule has 0 aromatic rings. The van der Waals surface area contributed by atoms with Crippen molar-refractivity contribution in [2.45, 2.75) is 38.2 Å². The Labute approximate surface area is 92.5 Å². The van der Waals surface area contributed by atoms with Crippen LogP contribution in [-0.2, 0) is 4.74 Å². The zero-order chi connectivity index (χ0) is 10.5. The van der Waals surface area contributed by atoms with Gasteiger partial charge in [0.15, 0.2) is 5.88 Å². The third kappa shape index (κ3) is 3.13. The number of hydrogen-bond acceptors (Lipinski definition) is 3. The molecule has 1 saturated heterocycles. The van der Waals surface area contributed by atoms with Crippen LogP contribution in [0, 0.1) is 0 Å². The quantitative estimate of drug-likeness (QED) is 0.718. The second-order valence-electron chi connectivity index (χ2n) is 4.51. The van der Waals surface area contributed by atoms with Gasteiger partial charge in [-0.25, -0.2) is 0 Å². The van der Waals surface area contributed by atoms with Crippen LogP contribution in [0.3, 0.4) is 0 Å². The molecule has 1 aliphatic carbocycles. The van der Waals surface area contributed by atoms with Gasteiger partial charge >= 0.3 is 0 Å². The Balaban J connectivity index is 1.74. The van der Waals surface area contributed by atoms with Crippen LogP contribution in [0.2, 0.25) is 0 Å². The lowest BCUT2D eigenvalue weighted by Gasteiger charge is -2.33. The summed E-state index contributed by atoms with van der Waals surface area (Å²) in [6.07, 6.45) is 6.87. The molecule has 0 aromatic heterocycles. The minimum absolute atomic E-state index is 0.432. The number of nitrogens with zero attached hydrogens (tertiary/aromatic N) is 1. The summed E-state index contributed by atoms with van der Waals surface area (Å²) in [4.78, 5) is 2.26. The summed E-state index contributed by atoms with van der Waals surface area (Å²) < 4.78 is 5.93. The fourth-order valence-electron chi connectivity index (χ4n) is 2.36. The highest BCUT2D eigenvalue weighted by Gasteiger charge is 2.18. The number of hydrogen-bond donors (Lipinski definition) is 1. The van der Waals surface area contributed by atoms with Crippen molar-refractivity contribution in [1.29, 1.82) is 0 Å². The van der Waals surface area contributed by atoms with Gasteiger partial charge in [0.25, 0.3) is 0 Å². The molecule has 2 rings (SSSR count). The lowest BCUT2D eigenvalue weighted by atomic mass is 9.98. The third-order valence-corrected chi connectivity index (χ3v) is 3.32. The maximum absolute atomic E-state index is 5.93. The summed E-state index contributed by atoms with van der Waals surface area (Å²) in [6.45, 7) is 8.21. The monoisotopic (exact) mass is 210 g/mol. The molecule has 0 radical (unpaired) electrons. The molecule has 2 aliphatic rings. The molecule has 3 nitrogen and oxygen atoms in total. The predicted octanol–water partition coefficient (Wildman–Crippen LogP) is 1.71. The minimum atomic E-state index is 0.432. The molecule has 0 atom stereocenters. The Kier molecular flexibility index (Phi) is 3.89. The summed E-state index contributed by atoms with van der Waals surface area (Å²) in [5.41, 5.74) is 0. The van der Waals surface area contributed by atoms with Gasteiger partial charge in [-0.15, -0.1) is 0 Å². The summed E-state index contributed by atoms with van der Waals surface area (Å²) in [7, 11) is 0. The molecular formula is C12H22N2O. The Morgan fingerprint density at radius 2 is 1.80 bits per heavy atom.